The molecule has 5 nitrogen and oxygen atoms in total. The van der Waals surface area contributed by atoms with Crippen LogP contribution in [0, 0.1) is 0 Å². The molecule has 1 rings (SSSR count). The first-order chi connectivity index (χ1) is 7.24. The van der Waals surface area contributed by atoms with Crippen molar-refractivity contribution in [2.75, 3.05) is 33.2 Å². The van der Waals surface area contributed by atoms with E-state index in [4.69, 9.17) is 0 Å². The summed E-state index contributed by atoms with van der Waals surface area (Å²) in [6, 6.07) is 0. The number of carbonyl (C=O) groups is 2. The predicted octanol–water partition coefficient (Wildman–Crippen LogP) is -0.665. The van der Waals surface area contributed by atoms with Gasteiger partial charge in [-0.3, -0.25) is 9.59 Å². The fraction of sp³-hybridized carbons (Fsp3) is 0.800. The number of rotatable bonds is 5. The van der Waals surface area contributed by atoms with E-state index in [2.05, 4.69) is 10.6 Å². The summed E-state index contributed by atoms with van der Waals surface area (Å²) in [5.74, 6) is 0.0870. The maximum absolute atomic E-state index is 11.5. The zero-order chi connectivity index (χ0) is 11.1. The first-order valence-corrected chi connectivity index (χ1v) is 5.43. The van der Waals surface area contributed by atoms with E-state index < -0.39 is 0 Å². The third-order valence-corrected chi connectivity index (χ3v) is 2.46. The minimum absolute atomic E-state index is 0.0632. The van der Waals surface area contributed by atoms with Crippen LogP contribution in [0.1, 0.15) is 19.3 Å². The van der Waals surface area contributed by atoms with Crippen molar-refractivity contribution in [3.05, 3.63) is 0 Å². The van der Waals surface area contributed by atoms with Gasteiger partial charge in [-0.25, -0.2) is 0 Å². The average molecular weight is 213 g/mol. The Morgan fingerprint density at radius 1 is 1.27 bits per heavy atom. The normalized spacial score (nSPS) is 15.4. The SMILES string of the molecule is CNCC(=O)NCCC(=O)N1CCCC1. The molecule has 2 N–H and O–H groups in total. The minimum atomic E-state index is -0.0632. The number of amides is 2. The summed E-state index contributed by atoms with van der Waals surface area (Å²) in [5.41, 5.74) is 0. The van der Waals surface area contributed by atoms with Crippen molar-refractivity contribution in [3.63, 3.8) is 0 Å². The lowest BCUT2D eigenvalue weighted by Gasteiger charge is -2.15. The van der Waals surface area contributed by atoms with Gasteiger partial charge in [-0.05, 0) is 19.9 Å². The Balaban J connectivity index is 2.08. The second-order valence-electron chi connectivity index (χ2n) is 3.72. The van der Waals surface area contributed by atoms with Crippen molar-refractivity contribution in [2.24, 2.45) is 0 Å². The molecule has 1 heterocycles. The molecule has 1 aliphatic heterocycles. The number of hydrogen-bond donors (Lipinski definition) is 2. The lowest BCUT2D eigenvalue weighted by molar-refractivity contribution is -0.130. The van der Waals surface area contributed by atoms with E-state index >= 15 is 0 Å². The third-order valence-electron chi connectivity index (χ3n) is 2.46. The van der Waals surface area contributed by atoms with Crippen molar-refractivity contribution in [3.8, 4) is 0 Å². The van der Waals surface area contributed by atoms with Crippen LogP contribution in [0.3, 0.4) is 0 Å². The van der Waals surface area contributed by atoms with Gasteiger partial charge in [0.1, 0.15) is 0 Å². The Kier molecular flexibility index (Phi) is 5.10. The molecule has 15 heavy (non-hydrogen) atoms. The molecule has 0 atom stereocenters. The maximum atomic E-state index is 11.5. The van der Waals surface area contributed by atoms with Gasteiger partial charge in [0, 0.05) is 26.1 Å². The van der Waals surface area contributed by atoms with E-state index in [-0.39, 0.29) is 11.8 Å². The molecule has 0 saturated carbocycles. The number of nitrogens with zero attached hydrogens (tertiary/aromatic N) is 1. The minimum Gasteiger partial charge on any atom is -0.354 e. The van der Waals surface area contributed by atoms with Crippen molar-refractivity contribution < 1.29 is 9.59 Å². The van der Waals surface area contributed by atoms with Gasteiger partial charge in [-0.1, -0.05) is 0 Å². The van der Waals surface area contributed by atoms with Crippen LogP contribution in [0.25, 0.3) is 0 Å². The summed E-state index contributed by atoms with van der Waals surface area (Å²) < 4.78 is 0. The second-order valence-corrected chi connectivity index (χ2v) is 3.72. The van der Waals surface area contributed by atoms with Gasteiger partial charge < -0.3 is 15.5 Å². The molecule has 0 aromatic heterocycles. The molecule has 0 aromatic carbocycles. The molecule has 0 spiro atoms. The van der Waals surface area contributed by atoms with Crippen LogP contribution in [0.15, 0.2) is 0 Å². The molecular formula is C10H19N3O2. The fourth-order valence-corrected chi connectivity index (χ4v) is 1.66. The summed E-state index contributed by atoms with van der Waals surface area (Å²) >= 11 is 0. The van der Waals surface area contributed by atoms with E-state index in [0.29, 0.717) is 19.5 Å². The van der Waals surface area contributed by atoms with Gasteiger partial charge in [0.2, 0.25) is 11.8 Å². The van der Waals surface area contributed by atoms with Gasteiger partial charge in [0.15, 0.2) is 0 Å². The second kappa shape index (κ2) is 6.40. The molecule has 5 heteroatoms. The summed E-state index contributed by atoms with van der Waals surface area (Å²) in [4.78, 5) is 24.5. The van der Waals surface area contributed by atoms with E-state index in [1.54, 1.807) is 7.05 Å². The zero-order valence-electron chi connectivity index (χ0n) is 9.21. The summed E-state index contributed by atoms with van der Waals surface area (Å²) in [5, 5.41) is 5.44. The number of likely N-dealkylation sites (tertiary alicyclic amines) is 1. The van der Waals surface area contributed by atoms with Crippen LogP contribution in [-0.2, 0) is 9.59 Å². The van der Waals surface area contributed by atoms with E-state index in [9.17, 15) is 9.59 Å². The predicted molar refractivity (Wildman–Crippen MR) is 57.4 cm³/mol. The van der Waals surface area contributed by atoms with E-state index in [1.807, 2.05) is 4.90 Å². The first kappa shape index (κ1) is 12.0. The first-order valence-electron chi connectivity index (χ1n) is 5.43. The highest BCUT2D eigenvalue weighted by Gasteiger charge is 2.17. The molecule has 2 amide bonds. The van der Waals surface area contributed by atoms with Crippen LogP contribution < -0.4 is 10.6 Å². The van der Waals surface area contributed by atoms with E-state index in [0.717, 1.165) is 25.9 Å². The van der Waals surface area contributed by atoms with Gasteiger partial charge >= 0.3 is 0 Å². The lowest BCUT2D eigenvalue weighted by atomic mass is 10.3. The summed E-state index contributed by atoms with van der Waals surface area (Å²) in [7, 11) is 1.72. The largest absolute Gasteiger partial charge is 0.354 e. The quantitative estimate of drug-likeness (QED) is 0.637. The highest BCUT2D eigenvalue weighted by molar-refractivity contribution is 5.80. The molecule has 0 aliphatic carbocycles. The Hall–Kier alpha value is -1.10. The molecule has 0 aromatic rings. The Morgan fingerprint density at radius 2 is 1.93 bits per heavy atom. The van der Waals surface area contributed by atoms with Crippen LogP contribution in [0.4, 0.5) is 0 Å². The Labute approximate surface area is 90.2 Å². The molecule has 0 bridgehead atoms. The summed E-state index contributed by atoms with van der Waals surface area (Å²) in [6.07, 6.45) is 2.63. The molecular weight excluding hydrogens is 194 g/mol. The number of carbonyl (C=O) groups excluding carboxylic acids is 2. The Morgan fingerprint density at radius 3 is 2.53 bits per heavy atom. The summed E-state index contributed by atoms with van der Waals surface area (Å²) in [6.45, 7) is 2.50. The van der Waals surface area contributed by atoms with Crippen molar-refractivity contribution in [1.29, 1.82) is 0 Å². The highest BCUT2D eigenvalue weighted by atomic mass is 16.2. The van der Waals surface area contributed by atoms with Crippen LogP contribution in [0.5, 0.6) is 0 Å². The molecule has 86 valence electrons. The zero-order valence-corrected chi connectivity index (χ0v) is 9.21. The Bertz CT molecular complexity index is 225. The molecule has 0 unspecified atom stereocenters. The van der Waals surface area contributed by atoms with Gasteiger partial charge in [0.05, 0.1) is 6.54 Å². The highest BCUT2D eigenvalue weighted by Crippen LogP contribution is 2.08. The topological polar surface area (TPSA) is 61.4 Å². The molecule has 0 radical (unpaired) electrons. The maximum Gasteiger partial charge on any atom is 0.233 e. The van der Waals surface area contributed by atoms with Gasteiger partial charge in [0.25, 0.3) is 0 Å². The standard InChI is InChI=1S/C10H19N3O2/c1-11-8-9(14)12-5-4-10(15)13-6-2-3-7-13/h11H,2-8H2,1H3,(H,12,14). The van der Waals surface area contributed by atoms with E-state index in [1.165, 1.54) is 0 Å². The fourth-order valence-electron chi connectivity index (χ4n) is 1.66. The average Bonchev–Trinajstić information content (AvgIpc) is 2.70. The number of hydrogen-bond acceptors (Lipinski definition) is 3. The van der Waals surface area contributed by atoms with Crippen molar-refractivity contribution >= 4 is 11.8 Å². The third kappa shape index (κ3) is 4.29. The lowest BCUT2D eigenvalue weighted by Crippen LogP contribution is -2.36. The van der Waals surface area contributed by atoms with Crippen molar-refractivity contribution in [1.82, 2.24) is 15.5 Å². The van der Waals surface area contributed by atoms with Crippen LogP contribution in [0.2, 0.25) is 0 Å². The number of likely N-dealkylation sites (N-methyl/N-ethyl adjacent to an activating group) is 1. The van der Waals surface area contributed by atoms with Crippen LogP contribution >= 0.6 is 0 Å². The van der Waals surface area contributed by atoms with Crippen molar-refractivity contribution in [2.45, 2.75) is 19.3 Å². The molecule has 1 saturated heterocycles. The smallest absolute Gasteiger partial charge is 0.233 e. The van der Waals surface area contributed by atoms with Crippen LogP contribution in [-0.4, -0.2) is 49.9 Å². The monoisotopic (exact) mass is 213 g/mol. The molecule has 1 fully saturated rings. The van der Waals surface area contributed by atoms with Gasteiger partial charge in [-0.2, -0.15) is 0 Å². The van der Waals surface area contributed by atoms with Gasteiger partial charge in [-0.15, -0.1) is 0 Å². The molecule has 1 aliphatic rings. The number of nitrogens with one attached hydrogen (secondary N) is 2.